The lowest BCUT2D eigenvalue weighted by Crippen LogP contribution is -2.44. The summed E-state index contributed by atoms with van der Waals surface area (Å²) < 4.78 is 0. The molecule has 3 aliphatic heterocycles. The minimum Gasteiger partial charge on any atom is -0.372 e. The highest BCUT2D eigenvalue weighted by Crippen LogP contribution is 2.28. The van der Waals surface area contributed by atoms with Gasteiger partial charge in [-0.3, -0.25) is 14.9 Å². The van der Waals surface area contributed by atoms with Gasteiger partial charge in [0.25, 0.3) is 0 Å². The summed E-state index contributed by atoms with van der Waals surface area (Å²) in [6, 6.07) is 9.07. The van der Waals surface area contributed by atoms with Crippen LogP contribution in [0.5, 0.6) is 0 Å². The van der Waals surface area contributed by atoms with Crippen molar-refractivity contribution < 1.29 is 9.59 Å². The van der Waals surface area contributed by atoms with Gasteiger partial charge < -0.3 is 15.5 Å². The summed E-state index contributed by atoms with van der Waals surface area (Å²) in [4.78, 5) is 25.8. The Labute approximate surface area is 167 Å². The Morgan fingerprint density at radius 3 is 2.36 bits per heavy atom. The maximum absolute atomic E-state index is 12.1. The summed E-state index contributed by atoms with van der Waals surface area (Å²) in [6.07, 6.45) is 5.99. The standard InChI is InChI=1S/C22H32N4O2/c27-21-6-5-20(22(28)25-21)17-1-3-19(4-2-17)26-13-9-16(10-14-26)15-24-18-7-11-23-12-8-18/h1-4,16,18,20,23-24H,5-15H2,(H,25,27,28)/t20-/m1/s1. The summed E-state index contributed by atoms with van der Waals surface area (Å²) >= 11 is 0. The SMILES string of the molecule is O=C1CC[C@H](c2ccc(N3CCC(CNC4CCNCC4)CC3)cc2)C(=O)N1. The first kappa shape index (κ1) is 19.4. The summed E-state index contributed by atoms with van der Waals surface area (Å²) in [5.74, 6) is 0.258. The number of benzene rings is 1. The first-order valence-electron chi connectivity index (χ1n) is 10.8. The van der Waals surface area contributed by atoms with E-state index in [1.165, 1.54) is 31.4 Å². The highest BCUT2D eigenvalue weighted by molar-refractivity contribution is 6.00. The maximum atomic E-state index is 12.1. The second-order valence-corrected chi connectivity index (χ2v) is 8.46. The zero-order chi connectivity index (χ0) is 19.3. The first-order chi connectivity index (χ1) is 13.7. The molecule has 1 aromatic carbocycles. The molecule has 1 atom stereocenters. The normalized spacial score (nSPS) is 25.0. The fraction of sp³-hybridized carbons (Fsp3) is 0.636. The van der Waals surface area contributed by atoms with Crippen LogP contribution < -0.4 is 20.9 Å². The molecule has 0 aromatic heterocycles. The number of nitrogens with zero attached hydrogens (tertiary/aromatic N) is 1. The lowest BCUT2D eigenvalue weighted by Gasteiger charge is -2.35. The molecule has 0 aliphatic carbocycles. The Balaban J connectivity index is 1.25. The van der Waals surface area contributed by atoms with Gasteiger partial charge in [-0.05, 0) is 75.4 Å². The Bertz CT molecular complexity index is 676. The largest absolute Gasteiger partial charge is 0.372 e. The summed E-state index contributed by atoms with van der Waals surface area (Å²) in [6.45, 7) is 5.62. The van der Waals surface area contributed by atoms with Gasteiger partial charge >= 0.3 is 0 Å². The number of amides is 2. The summed E-state index contributed by atoms with van der Waals surface area (Å²) in [5, 5.41) is 9.65. The molecule has 3 N–H and O–H groups in total. The van der Waals surface area contributed by atoms with E-state index in [9.17, 15) is 9.59 Å². The summed E-state index contributed by atoms with van der Waals surface area (Å²) in [5.41, 5.74) is 2.25. The monoisotopic (exact) mass is 384 g/mol. The van der Waals surface area contributed by atoms with E-state index >= 15 is 0 Å². The average molecular weight is 385 g/mol. The zero-order valence-corrected chi connectivity index (χ0v) is 16.6. The fourth-order valence-corrected chi connectivity index (χ4v) is 4.68. The zero-order valence-electron chi connectivity index (χ0n) is 16.6. The van der Waals surface area contributed by atoms with Gasteiger partial charge in [-0.15, -0.1) is 0 Å². The number of hydrogen-bond donors (Lipinski definition) is 3. The molecule has 0 saturated carbocycles. The highest BCUT2D eigenvalue weighted by atomic mass is 16.2. The van der Waals surface area contributed by atoms with Gasteiger partial charge in [0.05, 0.1) is 5.92 Å². The van der Waals surface area contributed by atoms with Crippen molar-refractivity contribution in [2.24, 2.45) is 5.92 Å². The van der Waals surface area contributed by atoms with E-state index in [0.717, 1.165) is 44.2 Å². The number of nitrogens with one attached hydrogen (secondary N) is 3. The number of carbonyl (C=O) groups excluding carboxylic acids is 2. The third-order valence-electron chi connectivity index (χ3n) is 6.55. The third-order valence-corrected chi connectivity index (χ3v) is 6.55. The van der Waals surface area contributed by atoms with Crippen molar-refractivity contribution in [2.75, 3.05) is 37.6 Å². The van der Waals surface area contributed by atoms with Crippen molar-refractivity contribution in [3.63, 3.8) is 0 Å². The second-order valence-electron chi connectivity index (χ2n) is 8.46. The smallest absolute Gasteiger partial charge is 0.234 e. The van der Waals surface area contributed by atoms with Gasteiger partial charge in [0.2, 0.25) is 11.8 Å². The van der Waals surface area contributed by atoms with E-state index in [1.54, 1.807) is 0 Å². The molecule has 3 saturated heterocycles. The molecular weight excluding hydrogens is 352 g/mol. The molecule has 0 spiro atoms. The lowest BCUT2D eigenvalue weighted by atomic mass is 9.90. The molecule has 0 bridgehead atoms. The Morgan fingerprint density at radius 2 is 1.68 bits per heavy atom. The van der Waals surface area contributed by atoms with Crippen LogP contribution >= 0.6 is 0 Å². The molecule has 6 heteroatoms. The molecule has 2 amide bonds. The molecule has 0 unspecified atom stereocenters. The van der Waals surface area contributed by atoms with Gasteiger partial charge in [-0.2, -0.15) is 0 Å². The molecule has 0 radical (unpaired) electrons. The van der Waals surface area contributed by atoms with Crippen LogP contribution in [0.15, 0.2) is 24.3 Å². The highest BCUT2D eigenvalue weighted by Gasteiger charge is 2.28. The molecule has 152 valence electrons. The fourth-order valence-electron chi connectivity index (χ4n) is 4.68. The van der Waals surface area contributed by atoms with Crippen LogP contribution in [-0.4, -0.2) is 50.6 Å². The van der Waals surface area contributed by atoms with Gasteiger partial charge in [0.1, 0.15) is 0 Å². The van der Waals surface area contributed by atoms with Crippen LogP contribution in [-0.2, 0) is 9.59 Å². The quantitative estimate of drug-likeness (QED) is 0.675. The van der Waals surface area contributed by atoms with Crippen molar-refractivity contribution in [2.45, 2.75) is 50.5 Å². The van der Waals surface area contributed by atoms with Crippen molar-refractivity contribution in [3.05, 3.63) is 29.8 Å². The Hall–Kier alpha value is -1.92. The van der Waals surface area contributed by atoms with Crippen LogP contribution in [0.2, 0.25) is 0 Å². The van der Waals surface area contributed by atoms with E-state index < -0.39 is 0 Å². The molecule has 28 heavy (non-hydrogen) atoms. The molecule has 3 aliphatic rings. The van der Waals surface area contributed by atoms with Crippen LogP contribution in [0.3, 0.4) is 0 Å². The van der Waals surface area contributed by atoms with Crippen molar-refractivity contribution in [3.8, 4) is 0 Å². The van der Waals surface area contributed by atoms with Crippen molar-refractivity contribution in [1.29, 1.82) is 0 Å². The number of anilines is 1. The van der Waals surface area contributed by atoms with Crippen LogP contribution in [0, 0.1) is 5.92 Å². The predicted octanol–water partition coefficient (Wildman–Crippen LogP) is 1.76. The van der Waals surface area contributed by atoms with Gasteiger partial charge in [-0.25, -0.2) is 0 Å². The topological polar surface area (TPSA) is 73.5 Å². The average Bonchev–Trinajstić information content (AvgIpc) is 2.74. The molecular formula is C22H32N4O2. The third kappa shape index (κ3) is 4.73. The van der Waals surface area contributed by atoms with E-state index in [0.29, 0.717) is 18.9 Å². The number of carbonyl (C=O) groups is 2. The van der Waals surface area contributed by atoms with E-state index in [-0.39, 0.29) is 17.7 Å². The maximum Gasteiger partial charge on any atom is 0.234 e. The molecule has 3 fully saturated rings. The molecule has 3 heterocycles. The van der Waals surface area contributed by atoms with E-state index in [4.69, 9.17) is 0 Å². The van der Waals surface area contributed by atoms with Crippen molar-refractivity contribution in [1.82, 2.24) is 16.0 Å². The molecule has 4 rings (SSSR count). The Kier molecular flexibility index (Phi) is 6.27. The van der Waals surface area contributed by atoms with Crippen LogP contribution in [0.1, 0.15) is 50.0 Å². The molecule has 6 nitrogen and oxygen atoms in total. The Morgan fingerprint density at radius 1 is 0.964 bits per heavy atom. The van der Waals surface area contributed by atoms with Gasteiger partial charge in [0.15, 0.2) is 0 Å². The van der Waals surface area contributed by atoms with Gasteiger partial charge in [0, 0.05) is 31.2 Å². The number of hydrogen-bond acceptors (Lipinski definition) is 5. The van der Waals surface area contributed by atoms with Crippen LogP contribution in [0.4, 0.5) is 5.69 Å². The number of rotatable bonds is 5. The van der Waals surface area contributed by atoms with E-state index in [2.05, 4.69) is 45.1 Å². The van der Waals surface area contributed by atoms with Gasteiger partial charge in [-0.1, -0.05) is 12.1 Å². The number of piperidine rings is 3. The first-order valence-corrected chi connectivity index (χ1v) is 10.8. The predicted molar refractivity (Wildman–Crippen MR) is 110 cm³/mol. The van der Waals surface area contributed by atoms with Crippen LogP contribution in [0.25, 0.3) is 0 Å². The minimum absolute atomic E-state index is 0.157. The van der Waals surface area contributed by atoms with Crippen molar-refractivity contribution >= 4 is 17.5 Å². The van der Waals surface area contributed by atoms with E-state index in [1.807, 2.05) is 0 Å². The summed E-state index contributed by atoms with van der Waals surface area (Å²) in [7, 11) is 0. The minimum atomic E-state index is -0.196. The number of imide groups is 1. The molecule has 1 aromatic rings. The second kappa shape index (κ2) is 9.05. The lowest BCUT2D eigenvalue weighted by molar-refractivity contribution is -0.134.